The van der Waals surface area contributed by atoms with Crippen LogP contribution in [0.1, 0.15) is 59.8 Å². The van der Waals surface area contributed by atoms with Crippen molar-refractivity contribution >= 4 is 55.9 Å². The van der Waals surface area contributed by atoms with Gasteiger partial charge in [0.2, 0.25) is 0 Å². The minimum atomic E-state index is -2.24. The van der Waals surface area contributed by atoms with E-state index in [0.717, 1.165) is 61.3 Å². The van der Waals surface area contributed by atoms with Gasteiger partial charge in [0.25, 0.3) is 0 Å². The second-order valence-electron chi connectivity index (χ2n) is 17.7. The number of fused-ring (bicyclic) bond motifs is 7. The molecule has 0 aliphatic heterocycles. The molecule has 4 nitrogen and oxygen atoms in total. The summed E-state index contributed by atoms with van der Waals surface area (Å²) in [6.07, 6.45) is 3.24. The van der Waals surface area contributed by atoms with Crippen molar-refractivity contribution in [2.24, 2.45) is 5.92 Å². The summed E-state index contributed by atoms with van der Waals surface area (Å²) in [6, 6.07) is 46.3. The molecule has 4 aromatic heterocycles. The van der Waals surface area contributed by atoms with Gasteiger partial charge < -0.3 is 9.55 Å². The molecule has 1 aliphatic carbocycles. The molecule has 0 saturated carbocycles. The first kappa shape index (κ1) is 37.9. The summed E-state index contributed by atoms with van der Waals surface area (Å²) in [5, 5.41) is 3.45. The van der Waals surface area contributed by atoms with Crippen molar-refractivity contribution in [2.45, 2.75) is 72.9 Å². The average Bonchev–Trinajstić information content (AvgIpc) is 3.87. The maximum atomic E-state index is 7.77. The van der Waals surface area contributed by atoms with Crippen LogP contribution in [0.3, 0.4) is 0 Å². The number of benzene rings is 5. The van der Waals surface area contributed by atoms with E-state index < -0.39 is 14.9 Å². The Bertz CT molecular complexity index is 3160. The number of nitrogens with zero attached hydrogens (tertiary/aromatic N) is 4. The van der Waals surface area contributed by atoms with E-state index >= 15 is 0 Å². The SMILES string of the molecule is CC(C)Cc1cc(-c2[c-]cccc2)ncc1[Si](C)(C)C.[2H]C([2H])([2H])c1ccc2c(n1)sc1c[c-]c(-c3nc4ccccc4n3-c3cc4c(cc3C)-c3ccccc3C4(C)C)cc12.[Ir]. The molecule has 1 aliphatic rings. The summed E-state index contributed by atoms with van der Waals surface area (Å²) in [4.78, 5) is 15.0. The summed E-state index contributed by atoms with van der Waals surface area (Å²) in [5.41, 5.74) is 14.0. The molecule has 0 fully saturated rings. The molecular weight excluding hydrogens is 945 g/mol. The Hall–Kier alpha value is -5.04. The van der Waals surface area contributed by atoms with E-state index in [1.54, 1.807) is 6.07 Å². The number of hydrogen-bond donors (Lipinski definition) is 0. The molecule has 5 aromatic carbocycles. The van der Waals surface area contributed by atoms with Gasteiger partial charge in [-0.2, -0.15) is 11.3 Å². The van der Waals surface area contributed by atoms with Gasteiger partial charge in [-0.05, 0) is 105 Å². The van der Waals surface area contributed by atoms with Gasteiger partial charge in [-0.15, -0.1) is 59.7 Å². The quantitative estimate of drug-likeness (QED) is 0.123. The Morgan fingerprint density at radius 1 is 0.817 bits per heavy atom. The van der Waals surface area contributed by atoms with Crippen LogP contribution in [0.4, 0.5) is 0 Å². The third kappa shape index (κ3) is 7.51. The molecule has 0 atom stereocenters. The fourth-order valence-electron chi connectivity index (χ4n) is 8.75. The number of aromatic nitrogens is 4. The van der Waals surface area contributed by atoms with E-state index in [2.05, 4.69) is 160 Å². The topological polar surface area (TPSA) is 43.6 Å². The molecule has 0 bridgehead atoms. The van der Waals surface area contributed by atoms with Gasteiger partial charge in [0.05, 0.1) is 24.9 Å². The Balaban J connectivity index is 0.000000219. The van der Waals surface area contributed by atoms with Gasteiger partial charge in [-0.1, -0.05) is 107 Å². The maximum Gasteiger partial charge on any atom is 0.114 e. The van der Waals surface area contributed by atoms with Gasteiger partial charge in [0, 0.05) is 47.2 Å². The molecule has 60 heavy (non-hydrogen) atoms. The van der Waals surface area contributed by atoms with Crippen molar-refractivity contribution in [2.75, 3.05) is 0 Å². The van der Waals surface area contributed by atoms with Gasteiger partial charge in [0.15, 0.2) is 0 Å². The minimum absolute atomic E-state index is 0. The molecule has 4 heterocycles. The second kappa shape index (κ2) is 16.1. The van der Waals surface area contributed by atoms with Crippen LogP contribution in [0.2, 0.25) is 19.6 Å². The van der Waals surface area contributed by atoms with Crippen LogP contribution >= 0.6 is 11.3 Å². The fraction of sp³-hybridized carbons (Fsp3) is 0.226. The average molecular weight is 998 g/mol. The van der Waals surface area contributed by atoms with Crippen molar-refractivity contribution in [3.63, 3.8) is 0 Å². The number of hydrogen-bond acceptors (Lipinski definition) is 4. The Morgan fingerprint density at radius 3 is 2.37 bits per heavy atom. The van der Waals surface area contributed by atoms with Crippen molar-refractivity contribution in [1.29, 1.82) is 0 Å². The molecule has 0 amide bonds. The number of aryl methyl sites for hydroxylation is 2. The molecule has 0 spiro atoms. The summed E-state index contributed by atoms with van der Waals surface area (Å²) in [6.45, 7) is 16.3. The van der Waals surface area contributed by atoms with Crippen LogP contribution in [0.5, 0.6) is 0 Å². The summed E-state index contributed by atoms with van der Waals surface area (Å²) in [5.74, 6) is 1.49. The Morgan fingerprint density at radius 2 is 1.60 bits per heavy atom. The van der Waals surface area contributed by atoms with E-state index in [4.69, 9.17) is 9.10 Å². The van der Waals surface area contributed by atoms with E-state index in [9.17, 15) is 0 Å². The van der Waals surface area contributed by atoms with Crippen LogP contribution in [0.15, 0.2) is 121 Å². The Labute approximate surface area is 377 Å². The van der Waals surface area contributed by atoms with Crippen molar-refractivity contribution in [3.8, 4) is 39.5 Å². The minimum Gasteiger partial charge on any atom is -0.333 e. The molecule has 0 N–H and O–H groups in total. The van der Waals surface area contributed by atoms with Crippen LogP contribution in [0.25, 0.3) is 70.8 Å². The van der Waals surface area contributed by atoms with E-state index in [1.165, 1.54) is 49.9 Å². The van der Waals surface area contributed by atoms with Crippen LogP contribution in [-0.4, -0.2) is 27.6 Å². The maximum absolute atomic E-state index is 7.77. The predicted octanol–water partition coefficient (Wildman–Crippen LogP) is 13.5. The van der Waals surface area contributed by atoms with Crippen molar-refractivity contribution < 1.29 is 24.2 Å². The normalized spacial score (nSPS) is 13.9. The summed E-state index contributed by atoms with van der Waals surface area (Å²) in [7, 11) is -1.34. The summed E-state index contributed by atoms with van der Waals surface area (Å²) < 4.78 is 26.6. The zero-order chi connectivity index (χ0) is 43.7. The number of thiophene rings is 1. The smallest absolute Gasteiger partial charge is 0.114 e. The predicted molar refractivity (Wildman–Crippen MR) is 253 cm³/mol. The largest absolute Gasteiger partial charge is 0.333 e. The molecule has 0 saturated heterocycles. The number of pyridine rings is 2. The van der Waals surface area contributed by atoms with Gasteiger partial charge in [-0.3, -0.25) is 4.98 Å². The zero-order valence-corrected chi connectivity index (χ0v) is 39.6. The monoisotopic (exact) mass is 998 g/mol. The number of imidazole rings is 1. The molecule has 0 unspecified atom stereocenters. The third-order valence-electron chi connectivity index (χ3n) is 11.6. The number of rotatable bonds is 6. The first-order valence-electron chi connectivity index (χ1n) is 21.9. The Kier molecular flexibility index (Phi) is 10.2. The first-order valence-corrected chi connectivity index (χ1v) is 24.8. The van der Waals surface area contributed by atoms with Gasteiger partial charge in [-0.25, -0.2) is 4.98 Å². The number of para-hydroxylation sites is 2. The molecule has 7 heteroatoms. The molecular formula is C53H50IrN4SSi-2. The second-order valence-corrected chi connectivity index (χ2v) is 23.8. The van der Waals surface area contributed by atoms with Crippen molar-refractivity contribution in [3.05, 3.63) is 162 Å². The van der Waals surface area contributed by atoms with Gasteiger partial charge in [0.1, 0.15) is 4.83 Å². The van der Waals surface area contributed by atoms with Crippen molar-refractivity contribution in [1.82, 2.24) is 19.5 Å². The van der Waals surface area contributed by atoms with Crippen LogP contribution in [0, 0.1) is 31.8 Å². The molecule has 10 rings (SSSR count). The zero-order valence-electron chi connectivity index (χ0n) is 38.4. The van der Waals surface area contributed by atoms with Gasteiger partial charge >= 0.3 is 0 Å². The van der Waals surface area contributed by atoms with E-state index in [1.807, 2.05) is 36.4 Å². The van der Waals surface area contributed by atoms with E-state index in [0.29, 0.717) is 10.7 Å². The third-order valence-corrected chi connectivity index (χ3v) is 14.8. The fourth-order valence-corrected chi connectivity index (χ4v) is 11.4. The summed E-state index contributed by atoms with van der Waals surface area (Å²) >= 11 is 1.49. The standard InChI is InChI=1S/C35H26N3S.C18H24NSi.Ir/c1-20-17-25-23-9-5-6-10-27(23)35(3,4)28(25)19-31(20)38-30-12-8-7-11-29(30)37-33(38)22-14-16-32-26(18-22)24-15-13-21(2)36-34(24)39-32;1-14(2)11-16-12-17(15-9-7-6-8-10-15)19-13-18(16)20(3,4)5;/h5-13,15-19H,1-4H3;6-9,12-14H,11H2,1-5H3;/q2*-1;/i2D3;;. The molecule has 303 valence electrons. The van der Waals surface area contributed by atoms with Crippen LogP contribution in [-0.2, 0) is 31.9 Å². The van der Waals surface area contributed by atoms with E-state index in [-0.39, 0.29) is 31.2 Å². The van der Waals surface area contributed by atoms with Crippen LogP contribution < -0.4 is 5.19 Å². The first-order chi connectivity index (χ1) is 29.5. The molecule has 9 aromatic rings. The molecule has 1 radical (unpaired) electrons.